The number of amides is 1. The largest absolute Gasteiger partial charge is 0.457 e. The monoisotopic (exact) mass is 362 g/mol. The molecule has 0 saturated carbocycles. The molecule has 0 N–H and O–H groups in total. The average Bonchev–Trinajstić information content (AvgIpc) is 2.55. The fraction of sp³-hybridized carbons (Fsp3) is 0.278. The minimum Gasteiger partial charge on any atom is -0.457 e. The van der Waals surface area contributed by atoms with Crippen LogP contribution in [-0.4, -0.2) is 45.6 Å². The molecular weight excluding hydrogens is 340 g/mol. The molecule has 0 aliphatic rings. The Morgan fingerprint density at radius 2 is 1.48 bits per heavy atom. The van der Waals surface area contributed by atoms with E-state index in [-0.39, 0.29) is 5.91 Å². The molecule has 0 bridgehead atoms. The maximum absolute atomic E-state index is 12.2. The summed E-state index contributed by atoms with van der Waals surface area (Å²) < 4.78 is 31.2. The van der Waals surface area contributed by atoms with Crippen molar-refractivity contribution in [1.82, 2.24) is 4.90 Å². The van der Waals surface area contributed by atoms with Crippen molar-refractivity contribution in [2.45, 2.75) is 13.0 Å². The van der Waals surface area contributed by atoms with Crippen molar-refractivity contribution in [3.63, 3.8) is 0 Å². The van der Waals surface area contributed by atoms with E-state index in [1.807, 2.05) is 30.3 Å². The first-order valence-electron chi connectivity index (χ1n) is 7.73. The SMILES string of the molecule is CC(C(=O)N(C)C)N(c1ccc(Oc2ccccc2)cc1)S(C)(=O)=O. The number of hydrogen-bond acceptors (Lipinski definition) is 4. The standard InChI is InChI=1S/C18H22N2O4S/c1-14(18(21)19(2)3)20(25(4,22)23)15-10-12-17(13-11-15)24-16-8-6-5-7-9-16/h5-14H,1-4H3. The van der Waals surface area contributed by atoms with Crippen LogP contribution < -0.4 is 9.04 Å². The normalized spacial score (nSPS) is 12.3. The Balaban J connectivity index is 2.28. The molecule has 0 saturated heterocycles. The minimum atomic E-state index is -3.62. The molecule has 6 nitrogen and oxygen atoms in total. The number of likely N-dealkylation sites (N-methyl/N-ethyl adjacent to an activating group) is 1. The van der Waals surface area contributed by atoms with Crippen LogP contribution in [0.2, 0.25) is 0 Å². The number of anilines is 1. The third-order valence-electron chi connectivity index (χ3n) is 3.58. The number of benzene rings is 2. The Hall–Kier alpha value is -2.54. The van der Waals surface area contributed by atoms with Gasteiger partial charge in [-0.1, -0.05) is 18.2 Å². The van der Waals surface area contributed by atoms with Crippen LogP contribution in [0.3, 0.4) is 0 Å². The van der Waals surface area contributed by atoms with Gasteiger partial charge in [0.05, 0.1) is 11.9 Å². The number of hydrogen-bond donors (Lipinski definition) is 0. The Kier molecular flexibility index (Phi) is 5.69. The van der Waals surface area contributed by atoms with Crippen LogP contribution in [0.4, 0.5) is 5.69 Å². The second-order valence-electron chi connectivity index (χ2n) is 5.88. The van der Waals surface area contributed by atoms with Gasteiger partial charge < -0.3 is 9.64 Å². The molecule has 0 aliphatic heterocycles. The number of carbonyl (C=O) groups excluding carboxylic acids is 1. The Morgan fingerprint density at radius 3 is 1.96 bits per heavy atom. The minimum absolute atomic E-state index is 0.296. The zero-order valence-corrected chi connectivity index (χ0v) is 15.5. The van der Waals surface area contributed by atoms with Gasteiger partial charge in [0.25, 0.3) is 0 Å². The van der Waals surface area contributed by atoms with Crippen LogP contribution in [0.25, 0.3) is 0 Å². The molecule has 2 aromatic rings. The van der Waals surface area contributed by atoms with Gasteiger partial charge in [-0.25, -0.2) is 8.42 Å². The van der Waals surface area contributed by atoms with Crippen LogP contribution in [0, 0.1) is 0 Å². The Labute approximate surface area is 148 Å². The maximum atomic E-state index is 12.2. The quantitative estimate of drug-likeness (QED) is 0.792. The molecule has 0 fully saturated rings. The summed E-state index contributed by atoms with van der Waals surface area (Å²) in [4.78, 5) is 13.6. The fourth-order valence-electron chi connectivity index (χ4n) is 2.46. The predicted octanol–water partition coefficient (Wildman–Crippen LogP) is 2.72. The molecule has 25 heavy (non-hydrogen) atoms. The average molecular weight is 362 g/mol. The number of carbonyl (C=O) groups is 1. The number of ether oxygens (including phenoxy) is 1. The highest BCUT2D eigenvalue weighted by Gasteiger charge is 2.29. The summed E-state index contributed by atoms with van der Waals surface area (Å²) in [5, 5.41) is 0. The summed E-state index contributed by atoms with van der Waals surface area (Å²) in [5.74, 6) is 0.969. The zero-order chi connectivity index (χ0) is 18.6. The summed E-state index contributed by atoms with van der Waals surface area (Å²) in [7, 11) is -0.436. The van der Waals surface area contributed by atoms with Crippen molar-refractivity contribution in [2.24, 2.45) is 0 Å². The van der Waals surface area contributed by atoms with Gasteiger partial charge in [0, 0.05) is 14.1 Å². The van der Waals surface area contributed by atoms with Gasteiger partial charge in [0.1, 0.15) is 17.5 Å². The van der Waals surface area contributed by atoms with Gasteiger partial charge in [0.2, 0.25) is 15.9 Å². The zero-order valence-electron chi connectivity index (χ0n) is 14.7. The smallest absolute Gasteiger partial charge is 0.245 e. The van der Waals surface area contributed by atoms with Crippen molar-refractivity contribution in [3.05, 3.63) is 54.6 Å². The molecule has 1 atom stereocenters. The third kappa shape index (κ3) is 4.73. The summed E-state index contributed by atoms with van der Waals surface area (Å²) in [6.45, 7) is 1.57. The first-order chi connectivity index (χ1) is 11.7. The molecule has 1 unspecified atom stereocenters. The summed E-state index contributed by atoms with van der Waals surface area (Å²) in [6, 6.07) is 15.0. The van der Waals surface area contributed by atoms with E-state index in [1.54, 1.807) is 45.3 Å². The molecule has 134 valence electrons. The van der Waals surface area contributed by atoms with Gasteiger partial charge >= 0.3 is 0 Å². The van der Waals surface area contributed by atoms with E-state index in [1.165, 1.54) is 4.90 Å². The summed E-state index contributed by atoms with van der Waals surface area (Å²) in [5.41, 5.74) is 0.408. The number of para-hydroxylation sites is 1. The number of nitrogens with zero attached hydrogens (tertiary/aromatic N) is 2. The number of sulfonamides is 1. The molecule has 0 aliphatic carbocycles. The van der Waals surface area contributed by atoms with E-state index in [2.05, 4.69) is 0 Å². The first-order valence-corrected chi connectivity index (χ1v) is 9.58. The molecular formula is C18H22N2O4S. The van der Waals surface area contributed by atoms with Crippen LogP contribution in [0.5, 0.6) is 11.5 Å². The van der Waals surface area contributed by atoms with Crippen LogP contribution in [-0.2, 0) is 14.8 Å². The molecule has 7 heteroatoms. The fourth-order valence-corrected chi connectivity index (χ4v) is 3.63. The highest BCUT2D eigenvalue weighted by atomic mass is 32.2. The maximum Gasteiger partial charge on any atom is 0.245 e. The molecule has 2 rings (SSSR count). The van der Waals surface area contributed by atoms with E-state index >= 15 is 0 Å². The summed E-state index contributed by atoms with van der Waals surface area (Å²) in [6.07, 6.45) is 1.08. The molecule has 1 amide bonds. The Bertz CT molecular complexity index is 818. The molecule has 0 radical (unpaired) electrons. The first kappa shape index (κ1) is 18.8. The molecule has 0 aromatic heterocycles. The van der Waals surface area contributed by atoms with Gasteiger partial charge in [0.15, 0.2) is 0 Å². The lowest BCUT2D eigenvalue weighted by atomic mass is 10.2. The molecule has 2 aromatic carbocycles. The van der Waals surface area contributed by atoms with E-state index in [4.69, 9.17) is 4.74 Å². The van der Waals surface area contributed by atoms with Crippen LogP contribution in [0.15, 0.2) is 54.6 Å². The van der Waals surface area contributed by atoms with Gasteiger partial charge in [-0.3, -0.25) is 9.10 Å². The van der Waals surface area contributed by atoms with Gasteiger partial charge in [-0.2, -0.15) is 0 Å². The van der Waals surface area contributed by atoms with Crippen molar-refractivity contribution < 1.29 is 17.9 Å². The summed E-state index contributed by atoms with van der Waals surface area (Å²) >= 11 is 0. The van der Waals surface area contributed by atoms with E-state index in [0.29, 0.717) is 17.2 Å². The predicted molar refractivity (Wildman–Crippen MR) is 98.4 cm³/mol. The van der Waals surface area contributed by atoms with Gasteiger partial charge in [-0.05, 0) is 43.3 Å². The molecule has 0 heterocycles. The van der Waals surface area contributed by atoms with Crippen molar-refractivity contribution in [2.75, 3.05) is 24.7 Å². The van der Waals surface area contributed by atoms with Crippen molar-refractivity contribution >= 4 is 21.6 Å². The second-order valence-corrected chi connectivity index (χ2v) is 7.74. The van der Waals surface area contributed by atoms with E-state index in [9.17, 15) is 13.2 Å². The van der Waals surface area contributed by atoms with Crippen LogP contribution in [0.1, 0.15) is 6.92 Å². The van der Waals surface area contributed by atoms with Crippen molar-refractivity contribution in [3.8, 4) is 11.5 Å². The Morgan fingerprint density at radius 1 is 0.960 bits per heavy atom. The highest BCUT2D eigenvalue weighted by molar-refractivity contribution is 7.92. The number of rotatable bonds is 6. The third-order valence-corrected chi connectivity index (χ3v) is 4.82. The van der Waals surface area contributed by atoms with E-state index < -0.39 is 16.1 Å². The van der Waals surface area contributed by atoms with Crippen molar-refractivity contribution in [1.29, 1.82) is 0 Å². The van der Waals surface area contributed by atoms with Gasteiger partial charge in [-0.15, -0.1) is 0 Å². The lowest BCUT2D eigenvalue weighted by Gasteiger charge is -2.30. The lowest BCUT2D eigenvalue weighted by molar-refractivity contribution is -0.129. The lowest BCUT2D eigenvalue weighted by Crippen LogP contribution is -2.47. The topological polar surface area (TPSA) is 66.9 Å². The van der Waals surface area contributed by atoms with E-state index in [0.717, 1.165) is 10.6 Å². The highest BCUT2D eigenvalue weighted by Crippen LogP contribution is 2.27. The molecule has 0 spiro atoms. The van der Waals surface area contributed by atoms with Crippen LogP contribution >= 0.6 is 0 Å². The second kappa shape index (κ2) is 7.57.